The summed E-state index contributed by atoms with van der Waals surface area (Å²) in [5.41, 5.74) is 0.803. The molecule has 0 saturated heterocycles. The van der Waals surface area contributed by atoms with Crippen molar-refractivity contribution in [1.29, 1.82) is 0 Å². The van der Waals surface area contributed by atoms with Crippen molar-refractivity contribution in [1.82, 2.24) is 5.32 Å². The van der Waals surface area contributed by atoms with Gasteiger partial charge >= 0.3 is 5.97 Å². The van der Waals surface area contributed by atoms with Gasteiger partial charge in [0.05, 0.1) is 18.2 Å². The van der Waals surface area contributed by atoms with E-state index in [2.05, 4.69) is 5.32 Å². The van der Waals surface area contributed by atoms with Crippen LogP contribution >= 0.6 is 23.1 Å². The van der Waals surface area contributed by atoms with Gasteiger partial charge in [-0.05, 0) is 29.1 Å². The normalized spacial score (nSPS) is 11.9. The SMILES string of the molecule is O=C(O)CCSCC(=O)N[C@H](c1ccc(F)cc1)c1cccs1. The molecular formula is C16H16FNO3S2. The number of nitrogens with one attached hydrogen (secondary N) is 1. The maximum absolute atomic E-state index is 13.1. The lowest BCUT2D eigenvalue weighted by Gasteiger charge is -2.18. The van der Waals surface area contributed by atoms with Crippen molar-refractivity contribution in [2.24, 2.45) is 0 Å². The summed E-state index contributed by atoms with van der Waals surface area (Å²) in [4.78, 5) is 23.5. The van der Waals surface area contributed by atoms with Crippen LogP contribution in [-0.2, 0) is 9.59 Å². The van der Waals surface area contributed by atoms with E-state index in [0.717, 1.165) is 10.4 Å². The number of benzene rings is 1. The molecule has 2 aromatic rings. The van der Waals surface area contributed by atoms with Gasteiger partial charge in [-0.2, -0.15) is 11.8 Å². The van der Waals surface area contributed by atoms with Crippen LogP contribution in [0.5, 0.6) is 0 Å². The van der Waals surface area contributed by atoms with Crippen LogP contribution in [0.2, 0.25) is 0 Å². The van der Waals surface area contributed by atoms with E-state index in [4.69, 9.17) is 5.11 Å². The average molecular weight is 353 g/mol. The van der Waals surface area contributed by atoms with Gasteiger partial charge in [-0.25, -0.2) is 4.39 Å². The molecule has 4 nitrogen and oxygen atoms in total. The van der Waals surface area contributed by atoms with E-state index in [1.807, 2.05) is 17.5 Å². The van der Waals surface area contributed by atoms with Crippen molar-refractivity contribution in [3.05, 3.63) is 58.0 Å². The van der Waals surface area contributed by atoms with Crippen LogP contribution in [-0.4, -0.2) is 28.5 Å². The third-order valence-corrected chi connectivity index (χ3v) is 4.93. The van der Waals surface area contributed by atoms with E-state index in [0.29, 0.717) is 5.75 Å². The molecule has 0 bridgehead atoms. The zero-order valence-corrected chi connectivity index (χ0v) is 13.8. The molecule has 0 fully saturated rings. The van der Waals surface area contributed by atoms with Crippen LogP contribution in [0.15, 0.2) is 41.8 Å². The minimum Gasteiger partial charge on any atom is -0.481 e. The Morgan fingerprint density at radius 1 is 1.26 bits per heavy atom. The summed E-state index contributed by atoms with van der Waals surface area (Å²) < 4.78 is 13.1. The summed E-state index contributed by atoms with van der Waals surface area (Å²) in [7, 11) is 0. The summed E-state index contributed by atoms with van der Waals surface area (Å²) >= 11 is 2.79. The minimum absolute atomic E-state index is 0.0320. The standard InChI is InChI=1S/C16H16FNO3S2/c17-12-5-3-11(4-6-12)16(13-2-1-8-23-13)18-14(19)10-22-9-7-15(20)21/h1-6,8,16H,7,9-10H2,(H,18,19)(H,20,21)/t16-/m1/s1. The smallest absolute Gasteiger partial charge is 0.304 e. The Kier molecular flexibility index (Phi) is 6.61. The number of hydrogen-bond acceptors (Lipinski definition) is 4. The van der Waals surface area contributed by atoms with E-state index in [1.54, 1.807) is 12.1 Å². The van der Waals surface area contributed by atoms with Crippen molar-refractivity contribution < 1.29 is 19.1 Å². The third kappa shape index (κ3) is 5.69. The molecule has 1 aromatic carbocycles. The number of carbonyl (C=O) groups is 2. The Morgan fingerprint density at radius 2 is 2.00 bits per heavy atom. The van der Waals surface area contributed by atoms with Crippen LogP contribution in [0.4, 0.5) is 4.39 Å². The summed E-state index contributed by atoms with van der Waals surface area (Å²) in [6.07, 6.45) is 0.0320. The molecule has 2 rings (SSSR count). The van der Waals surface area contributed by atoms with Gasteiger partial charge in [0.25, 0.3) is 0 Å². The second-order valence-electron chi connectivity index (χ2n) is 4.76. The molecule has 1 aromatic heterocycles. The van der Waals surface area contributed by atoms with Crippen molar-refractivity contribution >= 4 is 35.0 Å². The molecule has 23 heavy (non-hydrogen) atoms. The molecule has 0 aliphatic heterocycles. The van der Waals surface area contributed by atoms with Gasteiger partial charge in [0.1, 0.15) is 5.82 Å². The highest BCUT2D eigenvalue weighted by molar-refractivity contribution is 7.99. The first kappa shape index (κ1) is 17.5. The molecule has 0 unspecified atom stereocenters. The number of thioether (sulfide) groups is 1. The highest BCUT2D eigenvalue weighted by atomic mass is 32.2. The van der Waals surface area contributed by atoms with Crippen molar-refractivity contribution in [3.8, 4) is 0 Å². The largest absolute Gasteiger partial charge is 0.481 e. The quantitative estimate of drug-likeness (QED) is 0.715. The number of aliphatic carboxylic acids is 1. The molecule has 0 aliphatic carbocycles. The van der Waals surface area contributed by atoms with E-state index in [-0.39, 0.29) is 29.9 Å². The summed E-state index contributed by atoms with van der Waals surface area (Å²) in [6.45, 7) is 0. The Labute approximate surface area is 141 Å². The molecular weight excluding hydrogens is 337 g/mol. The van der Waals surface area contributed by atoms with E-state index in [9.17, 15) is 14.0 Å². The van der Waals surface area contributed by atoms with Gasteiger partial charge in [-0.1, -0.05) is 18.2 Å². The maximum atomic E-state index is 13.1. The Balaban J connectivity index is 2.00. The first-order chi connectivity index (χ1) is 11.1. The predicted molar refractivity (Wildman–Crippen MR) is 90.3 cm³/mol. The van der Waals surface area contributed by atoms with Crippen molar-refractivity contribution in [3.63, 3.8) is 0 Å². The van der Waals surface area contributed by atoms with Crippen LogP contribution < -0.4 is 5.32 Å². The fraction of sp³-hybridized carbons (Fsp3) is 0.250. The average Bonchev–Trinajstić information content (AvgIpc) is 3.04. The van der Waals surface area contributed by atoms with Gasteiger partial charge in [0, 0.05) is 10.6 Å². The Bertz CT molecular complexity index is 644. The second-order valence-corrected chi connectivity index (χ2v) is 6.85. The monoisotopic (exact) mass is 353 g/mol. The lowest BCUT2D eigenvalue weighted by molar-refractivity contribution is -0.136. The predicted octanol–water partition coefficient (Wildman–Crippen LogP) is 3.30. The van der Waals surface area contributed by atoms with Gasteiger partial charge in [-0.3, -0.25) is 9.59 Å². The summed E-state index contributed by atoms with van der Waals surface area (Å²) in [5.74, 6) is -0.794. The zero-order valence-electron chi connectivity index (χ0n) is 12.2. The van der Waals surface area contributed by atoms with Gasteiger partial charge < -0.3 is 10.4 Å². The van der Waals surface area contributed by atoms with Crippen LogP contribution in [0.3, 0.4) is 0 Å². The molecule has 0 saturated carbocycles. The molecule has 1 heterocycles. The fourth-order valence-electron chi connectivity index (χ4n) is 1.96. The lowest BCUT2D eigenvalue weighted by atomic mass is 10.1. The molecule has 1 amide bonds. The van der Waals surface area contributed by atoms with Crippen LogP contribution in [0, 0.1) is 5.82 Å². The first-order valence-electron chi connectivity index (χ1n) is 6.94. The molecule has 7 heteroatoms. The number of thiophene rings is 1. The molecule has 122 valence electrons. The number of amides is 1. The van der Waals surface area contributed by atoms with Gasteiger partial charge in [0.2, 0.25) is 5.91 Å². The molecule has 0 radical (unpaired) electrons. The Morgan fingerprint density at radius 3 is 2.61 bits per heavy atom. The van der Waals surface area contributed by atoms with Gasteiger partial charge in [-0.15, -0.1) is 11.3 Å². The first-order valence-corrected chi connectivity index (χ1v) is 8.97. The zero-order chi connectivity index (χ0) is 16.7. The van der Waals surface area contributed by atoms with E-state index >= 15 is 0 Å². The van der Waals surface area contributed by atoms with Gasteiger partial charge in [0.15, 0.2) is 0 Å². The molecule has 0 spiro atoms. The molecule has 1 atom stereocenters. The number of carbonyl (C=O) groups excluding carboxylic acids is 1. The van der Waals surface area contributed by atoms with E-state index in [1.165, 1.54) is 35.2 Å². The highest BCUT2D eigenvalue weighted by Gasteiger charge is 2.18. The van der Waals surface area contributed by atoms with Crippen LogP contribution in [0.25, 0.3) is 0 Å². The van der Waals surface area contributed by atoms with Crippen LogP contribution in [0.1, 0.15) is 22.9 Å². The number of rotatable bonds is 8. The minimum atomic E-state index is -0.874. The van der Waals surface area contributed by atoms with Crippen molar-refractivity contribution in [2.45, 2.75) is 12.5 Å². The maximum Gasteiger partial charge on any atom is 0.304 e. The molecule has 0 aliphatic rings. The molecule has 2 N–H and O–H groups in total. The lowest BCUT2D eigenvalue weighted by Crippen LogP contribution is -2.30. The summed E-state index contributed by atoms with van der Waals surface area (Å²) in [5, 5.41) is 13.4. The summed E-state index contributed by atoms with van der Waals surface area (Å²) in [6, 6.07) is 9.51. The third-order valence-electron chi connectivity index (χ3n) is 3.03. The number of hydrogen-bond donors (Lipinski definition) is 2. The Hall–Kier alpha value is -1.86. The number of carboxylic acids is 1. The second kappa shape index (κ2) is 8.69. The number of halogens is 1. The number of carboxylic acid groups (broad SMARTS) is 1. The topological polar surface area (TPSA) is 66.4 Å². The van der Waals surface area contributed by atoms with Crippen molar-refractivity contribution in [2.75, 3.05) is 11.5 Å². The fourth-order valence-corrected chi connectivity index (χ4v) is 3.49. The van der Waals surface area contributed by atoms with E-state index < -0.39 is 5.97 Å². The highest BCUT2D eigenvalue weighted by Crippen LogP contribution is 2.26.